The van der Waals surface area contributed by atoms with E-state index in [0.29, 0.717) is 18.7 Å². The number of nitrogens with zero attached hydrogens (tertiary/aromatic N) is 4. The SMILES string of the molecule is CCOC(=O)/C(=C/n1nnc2ccccc21)CN(C)C. The van der Waals surface area contributed by atoms with E-state index in [1.165, 1.54) is 0 Å². The van der Waals surface area contributed by atoms with Gasteiger partial charge in [0.1, 0.15) is 5.52 Å². The molecule has 6 nitrogen and oxygen atoms in total. The maximum Gasteiger partial charge on any atom is 0.336 e. The summed E-state index contributed by atoms with van der Waals surface area (Å²) in [4.78, 5) is 13.9. The number of rotatable bonds is 5. The van der Waals surface area contributed by atoms with Crippen molar-refractivity contribution in [3.8, 4) is 0 Å². The van der Waals surface area contributed by atoms with Crippen LogP contribution in [0.4, 0.5) is 0 Å². The van der Waals surface area contributed by atoms with Crippen molar-refractivity contribution in [2.45, 2.75) is 6.92 Å². The minimum Gasteiger partial charge on any atom is -0.463 e. The number of carbonyl (C=O) groups excluding carboxylic acids is 1. The van der Waals surface area contributed by atoms with Crippen LogP contribution in [0.3, 0.4) is 0 Å². The normalized spacial score (nSPS) is 12.1. The van der Waals surface area contributed by atoms with Crippen molar-refractivity contribution < 1.29 is 9.53 Å². The van der Waals surface area contributed by atoms with Gasteiger partial charge in [0.05, 0.1) is 17.7 Å². The summed E-state index contributed by atoms with van der Waals surface area (Å²) in [6.45, 7) is 2.62. The van der Waals surface area contributed by atoms with Crippen molar-refractivity contribution >= 4 is 23.2 Å². The molecule has 0 saturated heterocycles. The van der Waals surface area contributed by atoms with Gasteiger partial charge in [-0.1, -0.05) is 17.3 Å². The summed E-state index contributed by atoms with van der Waals surface area (Å²) in [5.74, 6) is -0.333. The minimum atomic E-state index is -0.333. The van der Waals surface area contributed by atoms with Crippen LogP contribution in [0.1, 0.15) is 6.92 Å². The molecule has 1 aromatic heterocycles. The van der Waals surface area contributed by atoms with Gasteiger partial charge in [0.2, 0.25) is 0 Å². The van der Waals surface area contributed by atoms with Crippen molar-refractivity contribution in [1.82, 2.24) is 19.9 Å². The summed E-state index contributed by atoms with van der Waals surface area (Å²) >= 11 is 0. The first-order valence-electron chi connectivity index (χ1n) is 6.44. The number of likely N-dealkylation sites (N-methyl/N-ethyl adjacent to an activating group) is 1. The lowest BCUT2D eigenvalue weighted by Gasteiger charge is -2.12. The van der Waals surface area contributed by atoms with E-state index in [4.69, 9.17) is 4.74 Å². The van der Waals surface area contributed by atoms with E-state index in [2.05, 4.69) is 10.3 Å². The van der Waals surface area contributed by atoms with E-state index in [-0.39, 0.29) is 5.97 Å². The van der Waals surface area contributed by atoms with E-state index in [9.17, 15) is 4.79 Å². The molecule has 0 aliphatic carbocycles. The third-order valence-corrected chi connectivity index (χ3v) is 2.68. The highest BCUT2D eigenvalue weighted by Crippen LogP contribution is 2.12. The lowest BCUT2D eigenvalue weighted by Crippen LogP contribution is -2.22. The largest absolute Gasteiger partial charge is 0.463 e. The predicted molar refractivity (Wildman–Crippen MR) is 77.0 cm³/mol. The maximum atomic E-state index is 12.0. The molecule has 0 atom stereocenters. The molecule has 0 fully saturated rings. The second-order valence-electron chi connectivity index (χ2n) is 4.64. The maximum absolute atomic E-state index is 12.0. The fourth-order valence-electron chi connectivity index (χ4n) is 1.85. The van der Waals surface area contributed by atoms with Gasteiger partial charge in [0.15, 0.2) is 0 Å². The van der Waals surface area contributed by atoms with Crippen LogP contribution < -0.4 is 0 Å². The molecule has 0 amide bonds. The van der Waals surface area contributed by atoms with E-state index < -0.39 is 0 Å². The van der Waals surface area contributed by atoms with Crippen molar-refractivity contribution in [3.63, 3.8) is 0 Å². The molecular weight excluding hydrogens is 256 g/mol. The number of ether oxygens (including phenoxy) is 1. The molecule has 20 heavy (non-hydrogen) atoms. The molecule has 106 valence electrons. The number of para-hydroxylation sites is 1. The van der Waals surface area contributed by atoms with Crippen LogP contribution in [0.5, 0.6) is 0 Å². The fraction of sp³-hybridized carbons (Fsp3) is 0.357. The molecule has 0 saturated carbocycles. The van der Waals surface area contributed by atoms with Crippen molar-refractivity contribution in [2.75, 3.05) is 27.2 Å². The second kappa shape index (κ2) is 6.29. The van der Waals surface area contributed by atoms with Crippen molar-refractivity contribution in [2.24, 2.45) is 0 Å². The average molecular weight is 274 g/mol. The predicted octanol–water partition coefficient (Wildman–Crippen LogP) is 1.40. The highest BCUT2D eigenvalue weighted by molar-refractivity contribution is 5.93. The molecule has 0 N–H and O–H groups in total. The number of carbonyl (C=O) groups is 1. The highest BCUT2D eigenvalue weighted by Gasteiger charge is 2.13. The topological polar surface area (TPSA) is 60.3 Å². The van der Waals surface area contributed by atoms with Gasteiger partial charge < -0.3 is 9.64 Å². The van der Waals surface area contributed by atoms with E-state index in [1.807, 2.05) is 43.3 Å². The van der Waals surface area contributed by atoms with Crippen LogP contribution in [-0.4, -0.2) is 53.1 Å². The molecule has 0 bridgehead atoms. The van der Waals surface area contributed by atoms with Crippen LogP contribution in [0, 0.1) is 0 Å². The zero-order chi connectivity index (χ0) is 14.5. The van der Waals surface area contributed by atoms with E-state index in [0.717, 1.165) is 11.0 Å². The Kier molecular flexibility index (Phi) is 4.47. The monoisotopic (exact) mass is 274 g/mol. The zero-order valence-electron chi connectivity index (χ0n) is 11.9. The third kappa shape index (κ3) is 3.21. The van der Waals surface area contributed by atoms with Gasteiger partial charge in [0.25, 0.3) is 0 Å². The molecule has 2 rings (SSSR count). The lowest BCUT2D eigenvalue weighted by atomic mass is 10.2. The first-order chi connectivity index (χ1) is 9.61. The van der Waals surface area contributed by atoms with Gasteiger partial charge in [-0.3, -0.25) is 0 Å². The Morgan fingerprint density at radius 2 is 2.15 bits per heavy atom. The van der Waals surface area contributed by atoms with Gasteiger partial charge in [0, 0.05) is 12.7 Å². The first kappa shape index (κ1) is 14.2. The van der Waals surface area contributed by atoms with Gasteiger partial charge >= 0.3 is 5.97 Å². The Morgan fingerprint density at radius 1 is 1.40 bits per heavy atom. The lowest BCUT2D eigenvalue weighted by molar-refractivity contribution is -0.138. The third-order valence-electron chi connectivity index (χ3n) is 2.68. The van der Waals surface area contributed by atoms with Gasteiger partial charge in [-0.05, 0) is 33.2 Å². The van der Waals surface area contributed by atoms with Gasteiger partial charge in [-0.2, -0.15) is 0 Å². The number of hydrogen-bond acceptors (Lipinski definition) is 5. The molecule has 1 heterocycles. The van der Waals surface area contributed by atoms with Gasteiger partial charge in [-0.15, -0.1) is 5.10 Å². The van der Waals surface area contributed by atoms with Crippen molar-refractivity contribution in [1.29, 1.82) is 0 Å². The molecule has 0 aliphatic rings. The summed E-state index contributed by atoms with van der Waals surface area (Å²) in [5, 5.41) is 8.11. The Balaban J connectivity index is 2.38. The average Bonchev–Trinajstić information content (AvgIpc) is 2.81. The Hall–Kier alpha value is -2.21. The molecule has 0 aliphatic heterocycles. The summed E-state index contributed by atoms with van der Waals surface area (Å²) < 4.78 is 6.67. The number of fused-ring (bicyclic) bond motifs is 1. The number of hydrogen-bond donors (Lipinski definition) is 0. The van der Waals surface area contributed by atoms with Crippen LogP contribution in [0.2, 0.25) is 0 Å². The summed E-state index contributed by atoms with van der Waals surface area (Å²) in [5.41, 5.74) is 2.18. The molecule has 2 aromatic rings. The summed E-state index contributed by atoms with van der Waals surface area (Å²) in [7, 11) is 3.79. The van der Waals surface area contributed by atoms with Crippen LogP contribution in [-0.2, 0) is 9.53 Å². The summed E-state index contributed by atoms with van der Waals surface area (Å²) in [6, 6.07) is 7.59. The molecule has 0 spiro atoms. The molecule has 6 heteroatoms. The summed E-state index contributed by atoms with van der Waals surface area (Å²) in [6.07, 6.45) is 1.67. The molecular formula is C14H18N4O2. The number of esters is 1. The second-order valence-corrected chi connectivity index (χ2v) is 4.64. The van der Waals surface area contributed by atoms with Gasteiger partial charge in [-0.25, -0.2) is 9.48 Å². The van der Waals surface area contributed by atoms with Crippen molar-refractivity contribution in [3.05, 3.63) is 29.8 Å². The standard InChI is InChI=1S/C14H18N4O2/c1-4-20-14(19)11(9-17(2)3)10-18-13-8-6-5-7-12(13)15-16-18/h5-8,10H,4,9H2,1-3H3/b11-10+. The quantitative estimate of drug-likeness (QED) is 0.609. The minimum absolute atomic E-state index is 0.333. The van der Waals surface area contributed by atoms with E-state index >= 15 is 0 Å². The Labute approximate surface area is 117 Å². The Morgan fingerprint density at radius 3 is 2.85 bits per heavy atom. The molecule has 0 radical (unpaired) electrons. The zero-order valence-corrected chi connectivity index (χ0v) is 11.9. The number of benzene rings is 1. The number of aromatic nitrogens is 3. The fourth-order valence-corrected chi connectivity index (χ4v) is 1.85. The smallest absolute Gasteiger partial charge is 0.336 e. The first-order valence-corrected chi connectivity index (χ1v) is 6.44. The molecule has 1 aromatic carbocycles. The van der Waals surface area contributed by atoms with Crippen LogP contribution in [0.25, 0.3) is 17.2 Å². The molecule has 0 unspecified atom stereocenters. The highest BCUT2D eigenvalue weighted by atomic mass is 16.5. The van der Waals surface area contributed by atoms with Crippen LogP contribution in [0.15, 0.2) is 29.8 Å². The van der Waals surface area contributed by atoms with E-state index in [1.54, 1.807) is 17.8 Å². The van der Waals surface area contributed by atoms with Crippen LogP contribution >= 0.6 is 0 Å². The Bertz CT molecular complexity index is 631.